The molecule has 3 aromatic rings. The molecule has 3 N–H and O–H groups in total. The summed E-state index contributed by atoms with van der Waals surface area (Å²) < 4.78 is 2.08. The van der Waals surface area contributed by atoms with E-state index < -0.39 is 12.1 Å². The molecule has 0 aliphatic carbocycles. The number of carboxylic acids is 1. The number of pyridine rings is 1. The van der Waals surface area contributed by atoms with Crippen LogP contribution in [0.15, 0.2) is 54.7 Å². The number of rotatable bonds is 9. The summed E-state index contributed by atoms with van der Waals surface area (Å²) in [7, 11) is 0. The van der Waals surface area contributed by atoms with Gasteiger partial charge in [-0.25, -0.2) is 4.98 Å². The Bertz CT molecular complexity index is 976. The summed E-state index contributed by atoms with van der Waals surface area (Å²) >= 11 is 0. The number of benzene rings is 1. The molecule has 30 heavy (non-hydrogen) atoms. The summed E-state index contributed by atoms with van der Waals surface area (Å²) in [6.45, 7) is 6.55. The Kier molecular flexibility index (Phi) is 7.03. The second kappa shape index (κ2) is 9.69. The molecule has 0 spiro atoms. The predicted molar refractivity (Wildman–Crippen MR) is 117 cm³/mol. The van der Waals surface area contributed by atoms with Crippen LogP contribution in [0.1, 0.15) is 41.1 Å². The van der Waals surface area contributed by atoms with Crippen LogP contribution in [0.25, 0.3) is 5.82 Å². The first-order valence-corrected chi connectivity index (χ1v) is 10.2. The number of carboxylic acid groups (broad SMARTS) is 1. The molecule has 1 aromatic carbocycles. The number of nitrogens with one attached hydrogen (secondary N) is 1. The number of aryl methyl sites for hydroxylation is 2. The summed E-state index contributed by atoms with van der Waals surface area (Å²) in [5.41, 5.74) is 4.88. The van der Waals surface area contributed by atoms with E-state index >= 15 is 0 Å². The molecule has 158 valence electrons. The monoisotopic (exact) mass is 407 g/mol. The zero-order chi connectivity index (χ0) is 21.7. The van der Waals surface area contributed by atoms with E-state index in [1.807, 2.05) is 50.2 Å². The van der Waals surface area contributed by atoms with Gasteiger partial charge in [-0.1, -0.05) is 30.3 Å². The summed E-state index contributed by atoms with van der Waals surface area (Å²) in [6.07, 6.45) is 1.85. The quantitative estimate of drug-likeness (QED) is 0.506. The van der Waals surface area contributed by atoms with Crippen molar-refractivity contribution in [3.63, 3.8) is 0 Å². The van der Waals surface area contributed by atoms with Gasteiger partial charge in [-0.15, -0.1) is 0 Å². The predicted octanol–water partition coefficient (Wildman–Crippen LogP) is 3.37. The van der Waals surface area contributed by atoms with Gasteiger partial charge in [0.25, 0.3) is 0 Å². The van der Waals surface area contributed by atoms with Crippen LogP contribution in [0.3, 0.4) is 0 Å². The third-order valence-electron chi connectivity index (χ3n) is 5.20. The van der Waals surface area contributed by atoms with Gasteiger partial charge in [-0.05, 0) is 56.5 Å². The van der Waals surface area contributed by atoms with Gasteiger partial charge >= 0.3 is 5.97 Å². The first-order chi connectivity index (χ1) is 14.3. The number of aromatic nitrogens is 2. The topological polar surface area (TPSA) is 87.4 Å². The molecule has 0 bridgehead atoms. The van der Waals surface area contributed by atoms with Gasteiger partial charge < -0.3 is 20.1 Å². The highest BCUT2D eigenvalue weighted by molar-refractivity contribution is 5.70. The highest BCUT2D eigenvalue weighted by Gasteiger charge is 2.12. The van der Waals surface area contributed by atoms with Crippen LogP contribution in [0.5, 0.6) is 0 Å². The molecule has 3 rings (SSSR count). The lowest BCUT2D eigenvalue weighted by atomic mass is 10.0. The average molecular weight is 408 g/mol. The highest BCUT2D eigenvalue weighted by atomic mass is 16.4. The first kappa shape index (κ1) is 21.7. The molecule has 1 unspecified atom stereocenters. The molecule has 0 aliphatic heterocycles. The van der Waals surface area contributed by atoms with Gasteiger partial charge in [-0.2, -0.15) is 0 Å². The van der Waals surface area contributed by atoms with Crippen molar-refractivity contribution < 1.29 is 15.0 Å². The standard InChI is InChI=1S/C24H29N3O3/c1-16(11-19-5-4-6-20(12-19)13-24(29)30)25-15-22(28)21-9-10-23(26-14-21)27-17(2)7-8-18(27)3/h4-10,12,14,16,22,25,28H,11,13,15H2,1-3H3,(H,29,30)/t16-,22?/m1/s1. The van der Waals surface area contributed by atoms with E-state index in [4.69, 9.17) is 5.11 Å². The van der Waals surface area contributed by atoms with Gasteiger partial charge in [0.05, 0.1) is 12.5 Å². The molecule has 6 nitrogen and oxygen atoms in total. The second-order valence-electron chi connectivity index (χ2n) is 7.82. The summed E-state index contributed by atoms with van der Waals surface area (Å²) in [4.78, 5) is 15.4. The van der Waals surface area contributed by atoms with E-state index in [0.29, 0.717) is 6.54 Å². The highest BCUT2D eigenvalue weighted by Crippen LogP contribution is 2.17. The lowest BCUT2D eigenvalue weighted by Gasteiger charge is -2.18. The number of hydrogen-bond acceptors (Lipinski definition) is 4. The minimum Gasteiger partial charge on any atom is -0.481 e. The van der Waals surface area contributed by atoms with Crippen molar-refractivity contribution in [3.05, 3.63) is 82.8 Å². The van der Waals surface area contributed by atoms with Crippen molar-refractivity contribution in [2.45, 2.75) is 45.8 Å². The van der Waals surface area contributed by atoms with Gasteiger partial charge in [0.15, 0.2) is 0 Å². The molecule has 0 radical (unpaired) electrons. The normalized spacial score (nSPS) is 13.2. The minimum absolute atomic E-state index is 0.0272. The lowest BCUT2D eigenvalue weighted by molar-refractivity contribution is -0.136. The van der Waals surface area contributed by atoms with Gasteiger partial charge in [0, 0.05) is 35.7 Å². The fraction of sp³-hybridized carbons (Fsp3) is 0.333. The number of aliphatic hydroxyl groups is 1. The molecule has 6 heteroatoms. The Morgan fingerprint density at radius 3 is 2.43 bits per heavy atom. The Morgan fingerprint density at radius 1 is 1.10 bits per heavy atom. The Labute approximate surface area is 177 Å². The maximum atomic E-state index is 10.9. The molecule has 2 atom stereocenters. The van der Waals surface area contributed by atoms with Crippen molar-refractivity contribution in [3.8, 4) is 5.82 Å². The van der Waals surface area contributed by atoms with E-state index in [-0.39, 0.29) is 12.5 Å². The zero-order valence-corrected chi connectivity index (χ0v) is 17.7. The average Bonchev–Trinajstić information content (AvgIpc) is 3.04. The SMILES string of the molecule is Cc1ccc(C)n1-c1ccc(C(O)CN[C@H](C)Cc2cccc(CC(=O)O)c2)cn1. The van der Waals surface area contributed by atoms with Crippen LogP contribution in [0.2, 0.25) is 0 Å². The fourth-order valence-corrected chi connectivity index (χ4v) is 3.65. The third-order valence-corrected chi connectivity index (χ3v) is 5.20. The van der Waals surface area contributed by atoms with Crippen LogP contribution in [0, 0.1) is 13.8 Å². The smallest absolute Gasteiger partial charge is 0.307 e. The van der Waals surface area contributed by atoms with E-state index in [1.54, 1.807) is 6.20 Å². The molecule has 0 fully saturated rings. The Hall–Kier alpha value is -2.96. The molecule has 0 aliphatic rings. The van der Waals surface area contributed by atoms with Crippen LogP contribution in [0.4, 0.5) is 0 Å². The van der Waals surface area contributed by atoms with Crippen molar-refractivity contribution in [2.24, 2.45) is 0 Å². The van der Waals surface area contributed by atoms with E-state index in [1.165, 1.54) is 0 Å². The van der Waals surface area contributed by atoms with E-state index in [9.17, 15) is 9.90 Å². The van der Waals surface area contributed by atoms with Gasteiger partial charge in [0.1, 0.15) is 5.82 Å². The van der Waals surface area contributed by atoms with E-state index in [0.717, 1.165) is 40.3 Å². The molecule has 0 amide bonds. The van der Waals surface area contributed by atoms with Crippen molar-refractivity contribution >= 4 is 5.97 Å². The number of aliphatic hydroxyl groups excluding tert-OH is 1. The maximum Gasteiger partial charge on any atom is 0.307 e. The first-order valence-electron chi connectivity index (χ1n) is 10.2. The molecule has 2 aromatic heterocycles. The summed E-state index contributed by atoms with van der Waals surface area (Å²) in [5, 5.41) is 22.8. The molecule has 0 saturated heterocycles. The Balaban J connectivity index is 1.55. The maximum absolute atomic E-state index is 10.9. The fourth-order valence-electron chi connectivity index (χ4n) is 3.65. The summed E-state index contributed by atoms with van der Waals surface area (Å²) in [6, 6.07) is 15.7. The molecular weight excluding hydrogens is 378 g/mol. The van der Waals surface area contributed by atoms with Gasteiger partial charge in [-0.3, -0.25) is 4.79 Å². The van der Waals surface area contributed by atoms with Crippen LogP contribution in [-0.2, 0) is 17.6 Å². The number of nitrogens with zero attached hydrogens (tertiary/aromatic N) is 2. The van der Waals surface area contributed by atoms with E-state index in [2.05, 4.69) is 33.9 Å². The number of hydrogen-bond donors (Lipinski definition) is 3. The lowest BCUT2D eigenvalue weighted by Crippen LogP contribution is -2.32. The van der Waals surface area contributed by atoms with Crippen LogP contribution < -0.4 is 5.32 Å². The van der Waals surface area contributed by atoms with Crippen LogP contribution >= 0.6 is 0 Å². The zero-order valence-electron chi connectivity index (χ0n) is 17.7. The second-order valence-corrected chi connectivity index (χ2v) is 7.82. The third kappa shape index (κ3) is 5.55. The molecule has 2 heterocycles. The Morgan fingerprint density at radius 2 is 1.80 bits per heavy atom. The number of aliphatic carboxylic acids is 1. The van der Waals surface area contributed by atoms with Crippen molar-refractivity contribution in [1.82, 2.24) is 14.9 Å². The molecular formula is C24H29N3O3. The minimum atomic E-state index is -0.830. The number of carbonyl (C=O) groups is 1. The summed E-state index contributed by atoms with van der Waals surface area (Å²) in [5.74, 6) is 0.0108. The van der Waals surface area contributed by atoms with Crippen molar-refractivity contribution in [2.75, 3.05) is 6.54 Å². The van der Waals surface area contributed by atoms with Crippen molar-refractivity contribution in [1.29, 1.82) is 0 Å². The molecule has 0 saturated carbocycles. The van der Waals surface area contributed by atoms with Gasteiger partial charge in [0.2, 0.25) is 0 Å². The van der Waals surface area contributed by atoms with Crippen LogP contribution in [-0.4, -0.2) is 38.3 Å². The largest absolute Gasteiger partial charge is 0.481 e.